The van der Waals surface area contributed by atoms with E-state index in [2.05, 4.69) is 76.2 Å². The first-order valence-electron chi connectivity index (χ1n) is 10.4. The van der Waals surface area contributed by atoms with Crippen LogP contribution < -0.4 is 0 Å². The molecule has 0 nitrogen and oxygen atoms in total. The fourth-order valence-corrected chi connectivity index (χ4v) is 4.08. The molecule has 0 aliphatic heterocycles. The lowest BCUT2D eigenvalue weighted by molar-refractivity contribution is 0.379. The molecule has 0 N–H and O–H groups in total. The van der Waals surface area contributed by atoms with Crippen LogP contribution in [0.1, 0.15) is 70.9 Å². The van der Waals surface area contributed by atoms with Crippen molar-refractivity contribution in [1.82, 2.24) is 0 Å². The van der Waals surface area contributed by atoms with E-state index in [0.717, 1.165) is 6.42 Å². The van der Waals surface area contributed by atoms with Gasteiger partial charge < -0.3 is 0 Å². The second kappa shape index (κ2) is 8.25. The Balaban J connectivity index is 2.12. The van der Waals surface area contributed by atoms with Gasteiger partial charge in [0.25, 0.3) is 0 Å². The molecule has 3 aromatic carbocycles. The fourth-order valence-electron chi connectivity index (χ4n) is 4.08. The minimum absolute atomic E-state index is 0.362. The molecule has 0 fully saturated rings. The molecule has 0 spiro atoms. The highest BCUT2D eigenvalue weighted by molar-refractivity contribution is 6.05. The zero-order valence-corrected chi connectivity index (χ0v) is 17.1. The summed E-state index contributed by atoms with van der Waals surface area (Å²) in [5.41, 5.74) is 3.47. The Morgan fingerprint density at radius 3 is 1.50 bits per heavy atom. The van der Waals surface area contributed by atoms with E-state index >= 15 is 0 Å². The molecule has 0 aromatic heterocycles. The van der Waals surface area contributed by atoms with Gasteiger partial charge in [0.15, 0.2) is 0 Å². The molecule has 3 aromatic rings. The second-order valence-corrected chi connectivity index (χ2v) is 8.92. The van der Waals surface area contributed by atoms with Crippen LogP contribution in [0.25, 0.3) is 21.5 Å². The molecule has 0 amide bonds. The number of benzene rings is 3. The van der Waals surface area contributed by atoms with E-state index in [4.69, 9.17) is 0 Å². The first-order valence-corrected chi connectivity index (χ1v) is 10.4. The van der Waals surface area contributed by atoms with Gasteiger partial charge in [0, 0.05) is 0 Å². The van der Waals surface area contributed by atoms with Gasteiger partial charge in [-0.2, -0.15) is 0 Å². The Hall–Kier alpha value is -1.82. The maximum Gasteiger partial charge on any atom is -0.0143 e. The molecule has 0 saturated heterocycles. The summed E-state index contributed by atoms with van der Waals surface area (Å²) in [6, 6.07) is 18.2. The average Bonchev–Trinajstić information content (AvgIpc) is 2.63. The van der Waals surface area contributed by atoms with Crippen molar-refractivity contribution < 1.29 is 0 Å². The summed E-state index contributed by atoms with van der Waals surface area (Å²) in [6.07, 6.45) is 8.85. The molecule has 0 heterocycles. The van der Waals surface area contributed by atoms with E-state index in [1.165, 1.54) is 60.1 Å². The van der Waals surface area contributed by atoms with Crippen molar-refractivity contribution in [3.05, 3.63) is 59.7 Å². The van der Waals surface area contributed by atoms with E-state index in [0.29, 0.717) is 5.41 Å². The lowest BCUT2D eigenvalue weighted by Crippen LogP contribution is -2.07. The van der Waals surface area contributed by atoms with Crippen molar-refractivity contribution in [3.8, 4) is 0 Å². The molecule has 0 aliphatic rings. The Kier molecular flexibility index (Phi) is 6.01. The van der Waals surface area contributed by atoms with Crippen molar-refractivity contribution in [1.29, 1.82) is 0 Å². The lowest BCUT2D eigenvalue weighted by atomic mass is 9.83. The maximum atomic E-state index is 2.35. The monoisotopic (exact) mass is 346 g/mol. The van der Waals surface area contributed by atoms with Gasteiger partial charge in [-0.15, -0.1) is 0 Å². The third-order valence-electron chi connectivity index (χ3n) is 5.56. The zero-order chi connectivity index (χ0) is 18.6. The molecule has 138 valence electrons. The van der Waals surface area contributed by atoms with Crippen LogP contribution >= 0.6 is 0 Å². The Labute approximate surface area is 159 Å². The first-order chi connectivity index (χ1) is 12.5. The minimum atomic E-state index is 0.362. The predicted octanol–water partition coefficient (Wildman–Crippen LogP) is 8.09. The van der Waals surface area contributed by atoms with Crippen molar-refractivity contribution >= 4 is 21.5 Å². The average molecular weight is 347 g/mol. The number of fused-ring (bicyclic) bond motifs is 2. The molecule has 0 atom stereocenters. The van der Waals surface area contributed by atoms with E-state index < -0.39 is 0 Å². The van der Waals surface area contributed by atoms with Crippen LogP contribution in [0.5, 0.6) is 0 Å². The number of aryl methyl sites for hydroxylation is 2. The third-order valence-corrected chi connectivity index (χ3v) is 5.56. The summed E-state index contributed by atoms with van der Waals surface area (Å²) >= 11 is 0. The summed E-state index contributed by atoms with van der Waals surface area (Å²) in [7, 11) is 0. The SMILES string of the molecule is CCCCCCc1c2ccccc2c(CCC(C)(C)C)c2ccccc12. The highest BCUT2D eigenvalue weighted by Gasteiger charge is 2.16. The van der Waals surface area contributed by atoms with Gasteiger partial charge in [0.1, 0.15) is 0 Å². The van der Waals surface area contributed by atoms with Crippen LogP contribution in [0.3, 0.4) is 0 Å². The van der Waals surface area contributed by atoms with Crippen LogP contribution in [0.15, 0.2) is 48.5 Å². The summed E-state index contributed by atoms with van der Waals surface area (Å²) in [5.74, 6) is 0. The maximum absolute atomic E-state index is 2.35. The zero-order valence-electron chi connectivity index (χ0n) is 17.1. The van der Waals surface area contributed by atoms with Crippen molar-refractivity contribution in [2.75, 3.05) is 0 Å². The van der Waals surface area contributed by atoms with Gasteiger partial charge in [0.05, 0.1) is 0 Å². The van der Waals surface area contributed by atoms with Gasteiger partial charge in [0.2, 0.25) is 0 Å². The topological polar surface area (TPSA) is 0 Å². The number of hydrogen-bond acceptors (Lipinski definition) is 0. The highest BCUT2D eigenvalue weighted by Crippen LogP contribution is 2.36. The van der Waals surface area contributed by atoms with Crippen molar-refractivity contribution in [3.63, 3.8) is 0 Å². The molecule has 26 heavy (non-hydrogen) atoms. The molecular formula is C26H34. The van der Waals surface area contributed by atoms with Crippen LogP contribution in [0.2, 0.25) is 0 Å². The van der Waals surface area contributed by atoms with E-state index in [1.807, 2.05) is 0 Å². The smallest absolute Gasteiger partial charge is 0.0143 e. The van der Waals surface area contributed by atoms with Gasteiger partial charge in [-0.25, -0.2) is 0 Å². The highest BCUT2D eigenvalue weighted by atomic mass is 14.2. The molecular weight excluding hydrogens is 312 g/mol. The quantitative estimate of drug-likeness (QED) is 0.299. The van der Waals surface area contributed by atoms with E-state index in [9.17, 15) is 0 Å². The first kappa shape index (κ1) is 19.0. The van der Waals surface area contributed by atoms with E-state index in [1.54, 1.807) is 11.1 Å². The number of hydrogen-bond donors (Lipinski definition) is 0. The Morgan fingerprint density at radius 1 is 0.615 bits per heavy atom. The van der Waals surface area contributed by atoms with Crippen LogP contribution in [0.4, 0.5) is 0 Å². The number of rotatable bonds is 7. The van der Waals surface area contributed by atoms with Gasteiger partial charge >= 0.3 is 0 Å². The predicted molar refractivity (Wildman–Crippen MR) is 117 cm³/mol. The van der Waals surface area contributed by atoms with Crippen LogP contribution in [-0.4, -0.2) is 0 Å². The largest absolute Gasteiger partial charge is 0.0654 e. The van der Waals surface area contributed by atoms with Crippen molar-refractivity contribution in [2.45, 2.75) is 72.6 Å². The minimum Gasteiger partial charge on any atom is -0.0654 e. The fraction of sp³-hybridized carbons (Fsp3) is 0.462. The number of unbranched alkanes of at least 4 members (excludes halogenated alkanes) is 3. The molecule has 0 aliphatic carbocycles. The van der Waals surface area contributed by atoms with Gasteiger partial charge in [-0.1, -0.05) is 95.5 Å². The second-order valence-electron chi connectivity index (χ2n) is 8.92. The normalized spacial score (nSPS) is 12.2. The summed E-state index contributed by atoms with van der Waals surface area (Å²) < 4.78 is 0. The standard InChI is InChI=1S/C26H34/c1-5-6-7-8-13-20-21-14-9-11-16-23(21)25(18-19-26(2,3)4)24-17-12-10-15-22(20)24/h9-12,14-17H,5-8,13,18-19H2,1-4H3. The summed E-state index contributed by atoms with van der Waals surface area (Å²) in [5, 5.41) is 5.90. The summed E-state index contributed by atoms with van der Waals surface area (Å²) in [4.78, 5) is 0. The van der Waals surface area contributed by atoms with Crippen LogP contribution in [0, 0.1) is 5.41 Å². The Morgan fingerprint density at radius 2 is 1.08 bits per heavy atom. The summed E-state index contributed by atoms with van der Waals surface area (Å²) in [6.45, 7) is 9.33. The third kappa shape index (κ3) is 4.29. The van der Waals surface area contributed by atoms with Gasteiger partial charge in [-0.3, -0.25) is 0 Å². The van der Waals surface area contributed by atoms with E-state index in [-0.39, 0.29) is 0 Å². The molecule has 0 heteroatoms. The molecule has 0 saturated carbocycles. The molecule has 3 rings (SSSR count). The van der Waals surface area contributed by atoms with Crippen LogP contribution in [-0.2, 0) is 12.8 Å². The Bertz CT molecular complexity index is 807. The van der Waals surface area contributed by atoms with Crippen molar-refractivity contribution in [2.24, 2.45) is 5.41 Å². The molecule has 0 unspecified atom stereocenters. The lowest BCUT2D eigenvalue weighted by Gasteiger charge is -2.21. The molecule has 0 radical (unpaired) electrons. The van der Waals surface area contributed by atoms with Gasteiger partial charge in [-0.05, 0) is 63.8 Å². The molecule has 0 bridgehead atoms.